The second-order valence-electron chi connectivity index (χ2n) is 6.39. The molecule has 2 amide bonds. The molecule has 2 fully saturated rings. The van der Waals surface area contributed by atoms with Crippen molar-refractivity contribution in [1.29, 1.82) is 0 Å². The van der Waals surface area contributed by atoms with E-state index in [-0.39, 0.29) is 24.8 Å². The highest BCUT2D eigenvalue weighted by Crippen LogP contribution is 2.29. The average Bonchev–Trinajstić information content (AvgIpc) is 3.17. The Kier molecular flexibility index (Phi) is 5.50. The Balaban J connectivity index is 1.56. The molecule has 6 nitrogen and oxygen atoms in total. The van der Waals surface area contributed by atoms with Crippen molar-refractivity contribution in [2.24, 2.45) is 5.92 Å². The Bertz CT molecular complexity index is 536. The lowest BCUT2D eigenvalue weighted by molar-refractivity contribution is -0.0161. The zero-order valence-corrected chi connectivity index (χ0v) is 14.3. The molecule has 1 saturated carbocycles. The van der Waals surface area contributed by atoms with Crippen molar-refractivity contribution in [2.75, 3.05) is 26.3 Å². The minimum Gasteiger partial charge on any atom is -0.396 e. The third-order valence-corrected chi connectivity index (χ3v) is 5.79. The number of rotatable bonds is 4. The van der Waals surface area contributed by atoms with Crippen LogP contribution >= 0.6 is 11.3 Å². The summed E-state index contributed by atoms with van der Waals surface area (Å²) >= 11 is 1.59. The Hall–Kier alpha value is -1.18. The number of carbonyl (C=O) groups excluding carboxylic acids is 1. The van der Waals surface area contributed by atoms with Crippen LogP contribution in [0.25, 0.3) is 0 Å². The van der Waals surface area contributed by atoms with Gasteiger partial charge in [-0.05, 0) is 32.1 Å². The molecule has 23 heavy (non-hydrogen) atoms. The fraction of sp³-hybridized carbons (Fsp3) is 0.750. The van der Waals surface area contributed by atoms with E-state index in [9.17, 15) is 4.79 Å². The van der Waals surface area contributed by atoms with Gasteiger partial charge in [-0.3, -0.25) is 0 Å². The molecule has 2 N–H and O–H groups in total. The summed E-state index contributed by atoms with van der Waals surface area (Å²) in [5, 5.41) is 15.3. The van der Waals surface area contributed by atoms with Crippen molar-refractivity contribution < 1.29 is 14.6 Å². The summed E-state index contributed by atoms with van der Waals surface area (Å²) in [6, 6.07) is 0.180. The quantitative estimate of drug-likeness (QED) is 0.881. The first-order valence-electron chi connectivity index (χ1n) is 8.37. The van der Waals surface area contributed by atoms with Crippen molar-refractivity contribution in [3.05, 3.63) is 16.1 Å². The van der Waals surface area contributed by atoms with Crippen LogP contribution in [0.5, 0.6) is 0 Å². The van der Waals surface area contributed by atoms with Crippen LogP contribution in [0, 0.1) is 12.8 Å². The fourth-order valence-electron chi connectivity index (χ4n) is 3.49. The van der Waals surface area contributed by atoms with Crippen molar-refractivity contribution in [1.82, 2.24) is 15.2 Å². The highest BCUT2D eigenvalue weighted by atomic mass is 32.1. The molecule has 128 valence electrons. The van der Waals surface area contributed by atoms with E-state index in [4.69, 9.17) is 9.84 Å². The molecule has 1 aromatic heterocycles. The number of aliphatic hydroxyl groups is 1. The number of aryl methyl sites for hydroxylation is 1. The van der Waals surface area contributed by atoms with Crippen molar-refractivity contribution in [3.8, 4) is 0 Å². The lowest BCUT2D eigenvalue weighted by atomic mass is 10.0. The summed E-state index contributed by atoms with van der Waals surface area (Å²) in [7, 11) is 0. The first-order valence-corrected chi connectivity index (χ1v) is 9.25. The second-order valence-corrected chi connectivity index (χ2v) is 7.28. The van der Waals surface area contributed by atoms with Gasteiger partial charge in [0.1, 0.15) is 11.1 Å². The fourth-order valence-corrected chi connectivity index (χ4v) is 4.33. The van der Waals surface area contributed by atoms with Gasteiger partial charge < -0.3 is 20.1 Å². The monoisotopic (exact) mass is 339 g/mol. The van der Waals surface area contributed by atoms with Gasteiger partial charge in [0, 0.05) is 30.3 Å². The predicted molar refractivity (Wildman–Crippen MR) is 88.5 cm³/mol. The van der Waals surface area contributed by atoms with Gasteiger partial charge in [-0.15, -0.1) is 11.3 Å². The normalized spacial score (nSPS) is 28.1. The molecule has 1 aliphatic carbocycles. The number of nitrogens with one attached hydrogen (secondary N) is 1. The van der Waals surface area contributed by atoms with Gasteiger partial charge in [-0.2, -0.15) is 0 Å². The van der Waals surface area contributed by atoms with E-state index in [1.54, 1.807) is 11.3 Å². The van der Waals surface area contributed by atoms with Crippen LogP contribution < -0.4 is 5.32 Å². The summed E-state index contributed by atoms with van der Waals surface area (Å²) < 4.78 is 5.78. The Morgan fingerprint density at radius 1 is 1.57 bits per heavy atom. The minimum absolute atomic E-state index is 0.0126. The second kappa shape index (κ2) is 7.59. The smallest absolute Gasteiger partial charge is 0.317 e. The van der Waals surface area contributed by atoms with Crippen LogP contribution in [0.15, 0.2) is 5.38 Å². The Labute approximate surface area is 140 Å². The molecular weight excluding hydrogens is 314 g/mol. The highest BCUT2D eigenvalue weighted by Gasteiger charge is 2.32. The number of hydrogen-bond acceptors (Lipinski definition) is 5. The summed E-state index contributed by atoms with van der Waals surface area (Å²) in [6.45, 7) is 3.87. The maximum atomic E-state index is 12.6. The number of nitrogens with zero attached hydrogens (tertiary/aromatic N) is 2. The number of aromatic nitrogens is 1. The largest absolute Gasteiger partial charge is 0.396 e. The predicted octanol–water partition coefficient (Wildman–Crippen LogP) is 2.09. The lowest BCUT2D eigenvalue weighted by Gasteiger charge is -2.33. The van der Waals surface area contributed by atoms with E-state index in [1.807, 2.05) is 17.2 Å². The van der Waals surface area contributed by atoms with Gasteiger partial charge in [0.2, 0.25) is 0 Å². The van der Waals surface area contributed by atoms with Gasteiger partial charge in [0.25, 0.3) is 0 Å². The van der Waals surface area contributed by atoms with Crippen molar-refractivity contribution in [2.45, 2.75) is 44.8 Å². The third-order valence-electron chi connectivity index (χ3n) is 4.73. The maximum absolute atomic E-state index is 12.6. The molecule has 7 heteroatoms. The summed E-state index contributed by atoms with van der Waals surface area (Å²) in [5.74, 6) is 0.405. The van der Waals surface area contributed by atoms with E-state index >= 15 is 0 Å². The summed E-state index contributed by atoms with van der Waals surface area (Å²) in [6.07, 6.45) is 3.88. The number of urea groups is 1. The number of hydrogen-bond donors (Lipinski definition) is 2. The maximum Gasteiger partial charge on any atom is 0.317 e. The zero-order chi connectivity index (χ0) is 16.2. The summed E-state index contributed by atoms with van der Waals surface area (Å²) in [4.78, 5) is 18.9. The molecule has 0 bridgehead atoms. The van der Waals surface area contributed by atoms with E-state index < -0.39 is 0 Å². The Morgan fingerprint density at radius 2 is 2.43 bits per heavy atom. The van der Waals surface area contributed by atoms with E-state index in [2.05, 4.69) is 10.3 Å². The first kappa shape index (κ1) is 16.7. The van der Waals surface area contributed by atoms with Crippen LogP contribution in [-0.4, -0.2) is 53.4 Å². The third kappa shape index (κ3) is 4.02. The van der Waals surface area contributed by atoms with Gasteiger partial charge in [-0.25, -0.2) is 9.78 Å². The molecule has 0 spiro atoms. The molecule has 0 aromatic carbocycles. The van der Waals surface area contributed by atoms with Crippen LogP contribution in [0.3, 0.4) is 0 Å². The number of amides is 2. The molecule has 3 unspecified atom stereocenters. The minimum atomic E-state index is -0.120. The average molecular weight is 339 g/mol. The SMILES string of the molecule is Cc1csc(C2CN(C(=O)NC3CCCC3CCO)CCO2)n1. The van der Waals surface area contributed by atoms with Crippen LogP contribution in [0.2, 0.25) is 0 Å². The highest BCUT2D eigenvalue weighted by molar-refractivity contribution is 7.09. The molecule has 3 rings (SSSR count). The summed E-state index contributed by atoms with van der Waals surface area (Å²) in [5.41, 5.74) is 0.993. The van der Waals surface area contributed by atoms with Gasteiger partial charge in [0.05, 0.1) is 13.2 Å². The van der Waals surface area contributed by atoms with Crippen LogP contribution in [0.1, 0.15) is 42.5 Å². The van der Waals surface area contributed by atoms with Gasteiger partial charge in [-0.1, -0.05) is 6.42 Å². The Morgan fingerprint density at radius 3 is 3.17 bits per heavy atom. The van der Waals surface area contributed by atoms with Gasteiger partial charge >= 0.3 is 6.03 Å². The molecule has 3 atom stereocenters. The number of aliphatic hydroxyl groups excluding tert-OH is 1. The molecule has 2 aliphatic rings. The lowest BCUT2D eigenvalue weighted by Crippen LogP contribution is -2.50. The zero-order valence-electron chi connectivity index (χ0n) is 13.5. The standard InChI is InChI=1S/C16H25N3O3S/c1-11-10-23-15(17-11)14-9-19(6-8-22-14)16(21)18-13-4-2-3-12(13)5-7-20/h10,12-14,20H,2-9H2,1H3,(H,18,21). The first-order chi connectivity index (χ1) is 11.2. The molecule has 2 heterocycles. The van der Waals surface area contributed by atoms with E-state index in [0.717, 1.165) is 36.4 Å². The van der Waals surface area contributed by atoms with Crippen LogP contribution in [-0.2, 0) is 4.74 Å². The molecule has 1 aromatic rings. The molecule has 0 radical (unpaired) electrons. The van der Waals surface area contributed by atoms with E-state index in [1.165, 1.54) is 0 Å². The number of carbonyl (C=O) groups is 1. The van der Waals surface area contributed by atoms with Crippen LogP contribution in [0.4, 0.5) is 4.79 Å². The molecular formula is C16H25N3O3S. The van der Waals surface area contributed by atoms with E-state index in [0.29, 0.717) is 25.6 Å². The number of ether oxygens (including phenoxy) is 1. The van der Waals surface area contributed by atoms with Crippen molar-refractivity contribution >= 4 is 17.4 Å². The topological polar surface area (TPSA) is 74.7 Å². The molecule has 1 saturated heterocycles. The van der Waals surface area contributed by atoms with Gasteiger partial charge in [0.15, 0.2) is 0 Å². The number of morpholine rings is 1. The van der Waals surface area contributed by atoms with Crippen molar-refractivity contribution in [3.63, 3.8) is 0 Å². The molecule has 1 aliphatic heterocycles. The number of thiazole rings is 1.